The van der Waals surface area contributed by atoms with Gasteiger partial charge in [0, 0.05) is 24.7 Å². The van der Waals surface area contributed by atoms with Crippen LogP contribution in [0.25, 0.3) is 0 Å². The molecule has 0 aromatic carbocycles. The maximum Gasteiger partial charge on any atom is 0.372 e. The van der Waals surface area contributed by atoms with Crippen LogP contribution in [0.5, 0.6) is 0 Å². The van der Waals surface area contributed by atoms with Crippen LogP contribution in [0.4, 0.5) is 0 Å². The van der Waals surface area contributed by atoms with Crippen molar-refractivity contribution in [1.82, 2.24) is 10.2 Å². The van der Waals surface area contributed by atoms with Crippen molar-refractivity contribution in [2.45, 2.75) is 38.8 Å². The molecular weight excluding hydrogens is 244 g/mol. The number of carboxylic acids is 1. The van der Waals surface area contributed by atoms with Crippen LogP contribution in [0.2, 0.25) is 0 Å². The zero-order valence-electron chi connectivity index (χ0n) is 11.4. The Morgan fingerprint density at radius 1 is 1.47 bits per heavy atom. The van der Waals surface area contributed by atoms with E-state index in [1.54, 1.807) is 6.07 Å². The van der Waals surface area contributed by atoms with E-state index in [9.17, 15) is 4.79 Å². The van der Waals surface area contributed by atoms with Crippen LogP contribution in [0, 0.1) is 0 Å². The Kier molecular flexibility index (Phi) is 4.99. The Morgan fingerprint density at radius 3 is 2.89 bits per heavy atom. The van der Waals surface area contributed by atoms with Gasteiger partial charge in [0.25, 0.3) is 0 Å². The summed E-state index contributed by atoms with van der Waals surface area (Å²) in [7, 11) is 0. The second-order valence-electron chi connectivity index (χ2n) is 5.22. The van der Waals surface area contributed by atoms with E-state index < -0.39 is 5.97 Å². The quantitative estimate of drug-likeness (QED) is 0.823. The van der Waals surface area contributed by atoms with Crippen molar-refractivity contribution in [3.05, 3.63) is 23.7 Å². The number of carbonyl (C=O) groups is 1. The first-order chi connectivity index (χ1) is 9.16. The molecule has 1 atom stereocenters. The molecule has 5 heteroatoms. The van der Waals surface area contributed by atoms with Gasteiger partial charge in [-0.15, -0.1) is 0 Å². The number of nitrogens with zero attached hydrogens (tertiary/aromatic N) is 1. The number of carboxylic acid groups (broad SMARTS) is 1. The monoisotopic (exact) mass is 266 g/mol. The fourth-order valence-corrected chi connectivity index (χ4v) is 2.54. The Bertz CT molecular complexity index is 411. The highest BCUT2D eigenvalue weighted by atomic mass is 16.4. The minimum absolute atomic E-state index is 0.0395. The molecule has 5 nitrogen and oxygen atoms in total. The van der Waals surface area contributed by atoms with Crippen LogP contribution in [-0.4, -0.2) is 41.7 Å². The van der Waals surface area contributed by atoms with Gasteiger partial charge in [-0.05, 0) is 38.9 Å². The molecule has 2 heterocycles. The lowest BCUT2D eigenvalue weighted by molar-refractivity contribution is 0.0660. The third kappa shape index (κ3) is 4.08. The lowest BCUT2D eigenvalue weighted by Gasteiger charge is -2.29. The summed E-state index contributed by atoms with van der Waals surface area (Å²) in [5.74, 6) is -0.969. The normalized spacial score (nSPS) is 18.4. The van der Waals surface area contributed by atoms with Crippen LogP contribution in [-0.2, 0) is 6.54 Å². The van der Waals surface area contributed by atoms with Gasteiger partial charge in [-0.1, -0.05) is 6.42 Å². The third-order valence-corrected chi connectivity index (χ3v) is 3.56. The highest BCUT2D eigenvalue weighted by Crippen LogP contribution is 2.11. The number of piperidine rings is 1. The summed E-state index contributed by atoms with van der Waals surface area (Å²) in [5, 5.41) is 12.3. The van der Waals surface area contributed by atoms with Crippen LogP contribution in [0.1, 0.15) is 42.3 Å². The van der Waals surface area contributed by atoms with E-state index in [0.717, 1.165) is 6.54 Å². The molecule has 106 valence electrons. The van der Waals surface area contributed by atoms with Crippen molar-refractivity contribution in [3.8, 4) is 0 Å². The summed E-state index contributed by atoms with van der Waals surface area (Å²) in [4.78, 5) is 13.4. The Morgan fingerprint density at radius 2 is 2.21 bits per heavy atom. The summed E-state index contributed by atoms with van der Waals surface area (Å²) in [6.07, 6.45) is 5.35. The number of furan rings is 1. The largest absolute Gasteiger partial charge is 0.475 e. The summed E-state index contributed by atoms with van der Waals surface area (Å²) in [6, 6.07) is 2.05. The second kappa shape index (κ2) is 6.73. The molecule has 0 spiro atoms. The number of nitrogens with one attached hydrogen (secondary N) is 1. The molecule has 1 aromatic heterocycles. The van der Waals surface area contributed by atoms with Gasteiger partial charge in [0.1, 0.15) is 0 Å². The molecule has 1 aromatic rings. The Balaban J connectivity index is 1.77. The molecule has 1 aliphatic heterocycles. The first kappa shape index (κ1) is 14.1. The van der Waals surface area contributed by atoms with E-state index in [4.69, 9.17) is 9.52 Å². The van der Waals surface area contributed by atoms with Gasteiger partial charge in [-0.25, -0.2) is 4.79 Å². The number of hydrogen-bond acceptors (Lipinski definition) is 4. The Labute approximate surface area is 113 Å². The van der Waals surface area contributed by atoms with Crippen LogP contribution in [0.3, 0.4) is 0 Å². The summed E-state index contributed by atoms with van der Waals surface area (Å²) in [6.45, 7) is 6.04. The van der Waals surface area contributed by atoms with E-state index in [1.807, 2.05) is 0 Å². The van der Waals surface area contributed by atoms with Gasteiger partial charge in [0.2, 0.25) is 5.76 Å². The van der Waals surface area contributed by atoms with E-state index in [2.05, 4.69) is 17.1 Å². The van der Waals surface area contributed by atoms with Gasteiger partial charge >= 0.3 is 5.97 Å². The van der Waals surface area contributed by atoms with E-state index >= 15 is 0 Å². The maximum atomic E-state index is 10.9. The van der Waals surface area contributed by atoms with Gasteiger partial charge in [-0.2, -0.15) is 0 Å². The molecular formula is C14H22N2O3. The predicted molar refractivity (Wildman–Crippen MR) is 72.3 cm³/mol. The first-order valence-electron chi connectivity index (χ1n) is 6.92. The van der Waals surface area contributed by atoms with Crippen molar-refractivity contribution < 1.29 is 14.3 Å². The van der Waals surface area contributed by atoms with Crippen molar-refractivity contribution >= 4 is 5.97 Å². The number of rotatable bonds is 6. The minimum Gasteiger partial charge on any atom is -0.475 e. The van der Waals surface area contributed by atoms with Crippen LogP contribution in [0.15, 0.2) is 16.7 Å². The molecule has 0 amide bonds. The third-order valence-electron chi connectivity index (χ3n) is 3.56. The number of hydrogen-bond donors (Lipinski definition) is 2. The molecule has 2 N–H and O–H groups in total. The van der Waals surface area contributed by atoms with Crippen molar-refractivity contribution in [1.29, 1.82) is 0 Å². The fourth-order valence-electron chi connectivity index (χ4n) is 2.54. The van der Waals surface area contributed by atoms with Crippen LogP contribution < -0.4 is 5.32 Å². The second-order valence-corrected chi connectivity index (χ2v) is 5.22. The highest BCUT2D eigenvalue weighted by molar-refractivity contribution is 5.86. The summed E-state index contributed by atoms with van der Waals surface area (Å²) < 4.78 is 4.96. The summed E-state index contributed by atoms with van der Waals surface area (Å²) in [5.41, 5.74) is 0.706. The zero-order valence-corrected chi connectivity index (χ0v) is 11.4. The topological polar surface area (TPSA) is 65.7 Å². The molecule has 0 aliphatic carbocycles. The van der Waals surface area contributed by atoms with Crippen LogP contribution >= 0.6 is 0 Å². The average molecular weight is 266 g/mol. The molecule has 1 fully saturated rings. The zero-order chi connectivity index (χ0) is 13.7. The predicted octanol–water partition coefficient (Wildman–Crippen LogP) is 1.94. The maximum absolute atomic E-state index is 10.9. The van der Waals surface area contributed by atoms with Crippen molar-refractivity contribution in [3.63, 3.8) is 0 Å². The molecule has 1 unspecified atom stereocenters. The van der Waals surface area contributed by atoms with Gasteiger partial charge in [-0.3, -0.25) is 0 Å². The lowest BCUT2D eigenvalue weighted by Crippen LogP contribution is -2.41. The standard InChI is InChI=1S/C14H22N2O3/c1-11(10-16-6-3-2-4-7-16)15-9-12-5-8-19-13(12)14(17)18/h5,8,11,15H,2-4,6-7,9-10H2,1H3,(H,17,18). The average Bonchev–Trinajstić information content (AvgIpc) is 2.86. The number of likely N-dealkylation sites (tertiary alicyclic amines) is 1. The SMILES string of the molecule is CC(CN1CCCCC1)NCc1ccoc1C(=O)O. The highest BCUT2D eigenvalue weighted by Gasteiger charge is 2.16. The van der Waals surface area contributed by atoms with E-state index in [0.29, 0.717) is 18.2 Å². The number of aromatic carboxylic acids is 1. The molecule has 0 bridgehead atoms. The molecule has 2 rings (SSSR count). The van der Waals surface area contributed by atoms with Crippen molar-refractivity contribution in [2.75, 3.05) is 19.6 Å². The molecule has 0 radical (unpaired) electrons. The fraction of sp³-hybridized carbons (Fsp3) is 0.643. The Hall–Kier alpha value is -1.33. The van der Waals surface area contributed by atoms with E-state index in [-0.39, 0.29) is 5.76 Å². The molecule has 19 heavy (non-hydrogen) atoms. The molecule has 1 aliphatic rings. The van der Waals surface area contributed by atoms with Gasteiger partial charge in [0.15, 0.2) is 0 Å². The minimum atomic E-state index is -1.01. The van der Waals surface area contributed by atoms with Crippen molar-refractivity contribution in [2.24, 2.45) is 0 Å². The van der Waals surface area contributed by atoms with Gasteiger partial charge in [0.05, 0.1) is 6.26 Å². The molecule has 0 saturated carbocycles. The molecule has 1 saturated heterocycles. The summed E-state index contributed by atoms with van der Waals surface area (Å²) >= 11 is 0. The smallest absolute Gasteiger partial charge is 0.372 e. The first-order valence-corrected chi connectivity index (χ1v) is 6.92. The van der Waals surface area contributed by atoms with E-state index in [1.165, 1.54) is 38.6 Å². The lowest BCUT2D eigenvalue weighted by atomic mass is 10.1. The van der Waals surface area contributed by atoms with Gasteiger partial charge < -0.3 is 19.7 Å².